The second-order valence-electron chi connectivity index (χ2n) is 2.43. The molecule has 0 radical (unpaired) electrons. The maximum absolute atomic E-state index is 5.32. The van der Waals surface area contributed by atoms with E-state index in [1.807, 2.05) is 0 Å². The molecule has 8 heteroatoms. The van der Waals surface area contributed by atoms with E-state index in [2.05, 4.69) is 10.6 Å². The van der Waals surface area contributed by atoms with Gasteiger partial charge in [-0.25, -0.2) is 0 Å². The number of rotatable bonds is 8. The SMILES string of the molecule is Cl.Cl.Cl.Cl.NCCCNCCNCCN. The minimum absolute atomic E-state index is 0. The van der Waals surface area contributed by atoms with Gasteiger partial charge in [0.05, 0.1) is 0 Å². The lowest BCUT2D eigenvalue weighted by molar-refractivity contribution is 0.602. The van der Waals surface area contributed by atoms with E-state index in [1.54, 1.807) is 0 Å². The minimum Gasteiger partial charge on any atom is -0.330 e. The first-order chi connectivity index (χ1) is 5.41. The highest BCUT2D eigenvalue weighted by atomic mass is 35.5. The van der Waals surface area contributed by atoms with E-state index in [0.29, 0.717) is 6.54 Å². The van der Waals surface area contributed by atoms with Crippen LogP contribution in [-0.4, -0.2) is 39.3 Å². The Morgan fingerprint density at radius 3 is 1.47 bits per heavy atom. The molecule has 0 aromatic carbocycles. The summed E-state index contributed by atoms with van der Waals surface area (Å²) in [7, 11) is 0. The van der Waals surface area contributed by atoms with Crippen LogP contribution in [-0.2, 0) is 0 Å². The zero-order valence-electron chi connectivity index (χ0n) is 8.74. The zero-order valence-corrected chi connectivity index (χ0v) is 12.0. The van der Waals surface area contributed by atoms with Gasteiger partial charge in [-0.3, -0.25) is 0 Å². The van der Waals surface area contributed by atoms with Crippen molar-refractivity contribution in [1.29, 1.82) is 0 Å². The summed E-state index contributed by atoms with van der Waals surface area (Å²) in [6.07, 6.45) is 1.05. The third kappa shape index (κ3) is 31.3. The van der Waals surface area contributed by atoms with Crippen LogP contribution in [0, 0.1) is 0 Å². The molecule has 0 fully saturated rings. The zero-order chi connectivity index (χ0) is 8.36. The van der Waals surface area contributed by atoms with Crippen molar-refractivity contribution in [3.8, 4) is 0 Å². The van der Waals surface area contributed by atoms with Gasteiger partial charge in [0.2, 0.25) is 0 Å². The Bertz CT molecular complexity index is 72.0. The fourth-order valence-electron chi connectivity index (χ4n) is 0.756. The lowest BCUT2D eigenvalue weighted by atomic mass is 10.4. The maximum atomic E-state index is 5.32. The third-order valence-corrected chi connectivity index (χ3v) is 1.36. The Balaban J connectivity index is -0.0000000833. The highest BCUT2D eigenvalue weighted by Gasteiger charge is 1.85. The summed E-state index contributed by atoms with van der Waals surface area (Å²) in [5.41, 5.74) is 10.6. The molecule has 0 aliphatic carbocycles. The van der Waals surface area contributed by atoms with E-state index in [4.69, 9.17) is 11.5 Å². The van der Waals surface area contributed by atoms with Gasteiger partial charge in [-0.2, -0.15) is 0 Å². The Morgan fingerprint density at radius 2 is 1.07 bits per heavy atom. The minimum atomic E-state index is 0. The van der Waals surface area contributed by atoms with Gasteiger partial charge in [-0.05, 0) is 19.5 Å². The molecule has 0 rings (SSSR count). The van der Waals surface area contributed by atoms with Crippen LogP contribution in [0.4, 0.5) is 0 Å². The highest BCUT2D eigenvalue weighted by Crippen LogP contribution is 1.67. The largest absolute Gasteiger partial charge is 0.330 e. The number of nitrogens with one attached hydrogen (secondary N) is 2. The van der Waals surface area contributed by atoms with E-state index in [-0.39, 0.29) is 49.6 Å². The van der Waals surface area contributed by atoms with Crippen LogP contribution in [0.5, 0.6) is 0 Å². The van der Waals surface area contributed by atoms with Crippen molar-refractivity contribution < 1.29 is 0 Å². The Kier molecular flexibility index (Phi) is 58.3. The van der Waals surface area contributed by atoms with Gasteiger partial charge in [0.25, 0.3) is 0 Å². The number of hydrogen-bond donors (Lipinski definition) is 4. The van der Waals surface area contributed by atoms with E-state index in [9.17, 15) is 0 Å². The number of halogens is 4. The molecular formula is C7H24Cl4N4. The van der Waals surface area contributed by atoms with Crippen molar-refractivity contribution in [1.82, 2.24) is 10.6 Å². The molecule has 0 aromatic rings. The predicted molar refractivity (Wildman–Crippen MR) is 77.5 cm³/mol. The van der Waals surface area contributed by atoms with Crippen LogP contribution in [0.25, 0.3) is 0 Å². The first kappa shape index (κ1) is 29.8. The first-order valence-electron chi connectivity index (χ1n) is 4.23. The molecule has 0 bridgehead atoms. The summed E-state index contributed by atoms with van der Waals surface area (Å²) in [6.45, 7) is 5.38. The molecule has 0 saturated carbocycles. The molecule has 0 amide bonds. The molecule has 6 N–H and O–H groups in total. The molecule has 15 heavy (non-hydrogen) atoms. The van der Waals surface area contributed by atoms with E-state index < -0.39 is 0 Å². The average molecular weight is 306 g/mol. The van der Waals surface area contributed by atoms with Gasteiger partial charge in [0.15, 0.2) is 0 Å². The summed E-state index contributed by atoms with van der Waals surface area (Å²) < 4.78 is 0. The van der Waals surface area contributed by atoms with Gasteiger partial charge < -0.3 is 22.1 Å². The summed E-state index contributed by atoms with van der Waals surface area (Å²) in [6, 6.07) is 0. The van der Waals surface area contributed by atoms with Crippen LogP contribution < -0.4 is 22.1 Å². The van der Waals surface area contributed by atoms with Gasteiger partial charge >= 0.3 is 0 Å². The van der Waals surface area contributed by atoms with Crippen molar-refractivity contribution in [3.05, 3.63) is 0 Å². The Hall–Kier alpha value is 1.000. The molecule has 0 aliphatic rings. The molecule has 0 spiro atoms. The van der Waals surface area contributed by atoms with Crippen LogP contribution in [0.15, 0.2) is 0 Å². The highest BCUT2D eigenvalue weighted by molar-refractivity contribution is 5.86. The fraction of sp³-hybridized carbons (Fsp3) is 1.00. The van der Waals surface area contributed by atoms with Crippen LogP contribution >= 0.6 is 49.6 Å². The molecule has 0 aliphatic heterocycles. The molecule has 0 unspecified atom stereocenters. The average Bonchev–Trinajstić information content (AvgIpc) is 2.03. The Labute approximate surface area is 117 Å². The van der Waals surface area contributed by atoms with Crippen LogP contribution in [0.2, 0.25) is 0 Å². The molecule has 4 nitrogen and oxygen atoms in total. The Morgan fingerprint density at radius 1 is 0.600 bits per heavy atom. The fourth-order valence-corrected chi connectivity index (χ4v) is 0.756. The van der Waals surface area contributed by atoms with E-state index in [0.717, 1.165) is 39.1 Å². The standard InChI is InChI=1S/C7H20N4.4ClH/c8-2-1-4-10-6-7-11-5-3-9;;;;/h10-11H,1-9H2;4*1H. The number of nitrogens with two attached hydrogens (primary N) is 2. The summed E-state index contributed by atoms with van der Waals surface area (Å²) in [4.78, 5) is 0. The summed E-state index contributed by atoms with van der Waals surface area (Å²) in [5, 5.41) is 6.46. The molecule has 0 heterocycles. The second-order valence-corrected chi connectivity index (χ2v) is 2.43. The summed E-state index contributed by atoms with van der Waals surface area (Å²) in [5.74, 6) is 0. The van der Waals surface area contributed by atoms with Crippen molar-refractivity contribution >= 4 is 49.6 Å². The van der Waals surface area contributed by atoms with E-state index >= 15 is 0 Å². The van der Waals surface area contributed by atoms with Gasteiger partial charge in [-0.15, -0.1) is 49.6 Å². The van der Waals surface area contributed by atoms with Gasteiger partial charge in [-0.1, -0.05) is 0 Å². The second kappa shape index (κ2) is 29.4. The van der Waals surface area contributed by atoms with Crippen molar-refractivity contribution in [2.24, 2.45) is 11.5 Å². The van der Waals surface area contributed by atoms with Crippen molar-refractivity contribution in [2.45, 2.75) is 6.42 Å². The first-order valence-corrected chi connectivity index (χ1v) is 4.23. The normalized spacial score (nSPS) is 7.60. The lowest BCUT2D eigenvalue weighted by Gasteiger charge is -2.03. The van der Waals surface area contributed by atoms with Crippen LogP contribution in [0.3, 0.4) is 0 Å². The summed E-state index contributed by atoms with van der Waals surface area (Å²) >= 11 is 0. The predicted octanol–water partition coefficient (Wildman–Crippen LogP) is 0.160. The number of hydrogen-bond acceptors (Lipinski definition) is 4. The molecule has 0 atom stereocenters. The van der Waals surface area contributed by atoms with Crippen molar-refractivity contribution in [3.63, 3.8) is 0 Å². The molecule has 0 aromatic heterocycles. The van der Waals surface area contributed by atoms with Crippen molar-refractivity contribution in [2.75, 3.05) is 39.3 Å². The third-order valence-electron chi connectivity index (χ3n) is 1.36. The van der Waals surface area contributed by atoms with E-state index in [1.165, 1.54) is 0 Å². The van der Waals surface area contributed by atoms with Crippen LogP contribution in [0.1, 0.15) is 6.42 Å². The topological polar surface area (TPSA) is 76.1 Å². The molecule has 0 saturated heterocycles. The quantitative estimate of drug-likeness (QED) is 0.482. The smallest absolute Gasteiger partial charge is 0.00772 e. The van der Waals surface area contributed by atoms with Gasteiger partial charge in [0, 0.05) is 26.2 Å². The molecular weight excluding hydrogens is 282 g/mol. The maximum Gasteiger partial charge on any atom is 0.00772 e. The van der Waals surface area contributed by atoms with Gasteiger partial charge in [0.1, 0.15) is 0 Å². The lowest BCUT2D eigenvalue weighted by Crippen LogP contribution is -2.31. The molecule has 100 valence electrons. The monoisotopic (exact) mass is 304 g/mol.